The summed E-state index contributed by atoms with van der Waals surface area (Å²) in [6.07, 6.45) is 0. The second-order valence-corrected chi connectivity index (χ2v) is 3.71. The van der Waals surface area contributed by atoms with Crippen LogP contribution in [0.4, 0.5) is 4.39 Å². The van der Waals surface area contributed by atoms with Crippen molar-refractivity contribution in [2.24, 2.45) is 0 Å². The van der Waals surface area contributed by atoms with E-state index in [1.54, 1.807) is 0 Å². The Bertz CT molecular complexity index is 398. The molecule has 1 aromatic rings. The van der Waals surface area contributed by atoms with Gasteiger partial charge in [-0.1, -0.05) is 22.5 Å². The van der Waals surface area contributed by atoms with Gasteiger partial charge in [0, 0.05) is 10.5 Å². The molecule has 0 aromatic heterocycles. The number of hydrogen-bond acceptors (Lipinski definition) is 2. The van der Waals surface area contributed by atoms with E-state index in [9.17, 15) is 4.39 Å². The van der Waals surface area contributed by atoms with Crippen LogP contribution in [-0.4, -0.2) is 6.61 Å². The molecule has 0 N–H and O–H groups in total. The van der Waals surface area contributed by atoms with E-state index in [1.807, 2.05) is 6.07 Å². The number of halogens is 2. The van der Waals surface area contributed by atoms with Gasteiger partial charge in [-0.3, -0.25) is 0 Å². The Hall–Kier alpha value is -1.34. The summed E-state index contributed by atoms with van der Waals surface area (Å²) in [4.78, 5) is 0. The maximum atomic E-state index is 12.9. The highest BCUT2D eigenvalue weighted by Gasteiger charge is 2.01. The molecule has 0 spiro atoms. The van der Waals surface area contributed by atoms with Gasteiger partial charge in [0.2, 0.25) is 0 Å². The first-order valence-electron chi connectivity index (χ1n) is 3.78. The normalized spacial score (nSPS) is 9.21. The van der Waals surface area contributed by atoms with Gasteiger partial charge in [-0.05, 0) is 12.1 Å². The highest BCUT2D eigenvalue weighted by molar-refractivity contribution is 9.11. The predicted octanol–water partition coefficient (Wildman–Crippen LogP) is 2.98. The van der Waals surface area contributed by atoms with Gasteiger partial charge in [0.25, 0.3) is 0 Å². The number of ether oxygens (including phenoxy) is 1. The van der Waals surface area contributed by atoms with E-state index >= 15 is 0 Å². The third-order valence-corrected chi connectivity index (χ3v) is 1.62. The van der Waals surface area contributed by atoms with Crippen molar-refractivity contribution in [3.8, 4) is 11.8 Å². The molecular weight excluding hydrogens is 249 g/mol. The van der Waals surface area contributed by atoms with Crippen molar-refractivity contribution in [1.29, 1.82) is 5.26 Å². The molecule has 1 rings (SSSR count). The molecule has 0 saturated carbocycles. The summed E-state index contributed by atoms with van der Waals surface area (Å²) in [5.41, 5.74) is 0.236. The van der Waals surface area contributed by atoms with Gasteiger partial charge < -0.3 is 4.74 Å². The van der Waals surface area contributed by atoms with Gasteiger partial charge in [0.15, 0.2) is 0 Å². The van der Waals surface area contributed by atoms with Crippen LogP contribution in [0.3, 0.4) is 0 Å². The molecule has 0 unspecified atom stereocenters. The number of nitrogens with zero attached hydrogens (tertiary/aromatic N) is 1. The largest absolute Gasteiger partial charge is 0.488 e. The van der Waals surface area contributed by atoms with Gasteiger partial charge in [-0.15, -0.1) is 0 Å². The van der Waals surface area contributed by atoms with Crippen molar-refractivity contribution < 1.29 is 9.13 Å². The zero-order valence-electron chi connectivity index (χ0n) is 7.26. The van der Waals surface area contributed by atoms with E-state index in [2.05, 4.69) is 22.5 Å². The van der Waals surface area contributed by atoms with Crippen LogP contribution in [0, 0.1) is 17.1 Å². The molecule has 72 valence electrons. The fourth-order valence-corrected chi connectivity index (χ4v) is 0.987. The number of hydrogen-bond donors (Lipinski definition) is 0. The fraction of sp³-hybridized carbons (Fsp3) is 0.100. The second-order valence-electron chi connectivity index (χ2n) is 2.59. The van der Waals surface area contributed by atoms with E-state index in [4.69, 9.17) is 10.00 Å². The average Bonchev–Trinajstić information content (AvgIpc) is 2.14. The summed E-state index contributed by atoms with van der Waals surface area (Å²) in [7, 11) is 0. The molecule has 0 bridgehead atoms. The quantitative estimate of drug-likeness (QED) is 0.832. The zero-order chi connectivity index (χ0) is 10.6. The maximum Gasteiger partial charge on any atom is 0.128 e. The molecule has 0 fully saturated rings. The second kappa shape index (κ2) is 4.77. The lowest BCUT2D eigenvalue weighted by molar-refractivity contribution is 0.358. The fourth-order valence-electron chi connectivity index (χ4n) is 0.872. The van der Waals surface area contributed by atoms with Gasteiger partial charge >= 0.3 is 0 Å². The van der Waals surface area contributed by atoms with Crippen LogP contribution in [-0.2, 0) is 0 Å². The van der Waals surface area contributed by atoms with Crippen molar-refractivity contribution in [2.75, 3.05) is 6.61 Å². The minimum atomic E-state index is -0.487. The number of nitriles is 1. The van der Waals surface area contributed by atoms with Crippen molar-refractivity contribution in [3.63, 3.8) is 0 Å². The first-order valence-corrected chi connectivity index (χ1v) is 4.58. The van der Waals surface area contributed by atoms with Crippen molar-refractivity contribution in [2.45, 2.75) is 0 Å². The monoisotopic (exact) mass is 255 g/mol. The average molecular weight is 256 g/mol. The first-order chi connectivity index (χ1) is 6.61. The molecule has 0 aliphatic carbocycles. The first kappa shape index (κ1) is 10.7. The van der Waals surface area contributed by atoms with Crippen LogP contribution in [0.5, 0.6) is 5.75 Å². The summed E-state index contributed by atoms with van der Waals surface area (Å²) in [5, 5.41) is 8.56. The van der Waals surface area contributed by atoms with Crippen LogP contribution in [0.2, 0.25) is 0 Å². The maximum absolute atomic E-state index is 12.9. The molecule has 0 amide bonds. The van der Waals surface area contributed by atoms with E-state index in [1.165, 1.54) is 12.1 Å². The Morgan fingerprint density at radius 3 is 2.86 bits per heavy atom. The van der Waals surface area contributed by atoms with Crippen molar-refractivity contribution >= 4 is 15.9 Å². The van der Waals surface area contributed by atoms with Gasteiger partial charge in [0.05, 0.1) is 11.6 Å². The Balaban J connectivity index is 2.82. The van der Waals surface area contributed by atoms with Crippen LogP contribution < -0.4 is 4.74 Å². The summed E-state index contributed by atoms with van der Waals surface area (Å²) in [5.74, 6) is -0.165. The lowest BCUT2D eigenvalue weighted by Gasteiger charge is -2.04. The standard InChI is InChI=1S/C10H7BrFNO/c1-7(11)6-14-10-3-8(5-13)2-9(12)4-10/h2-4H,1,6H2. The molecule has 0 aliphatic rings. The minimum Gasteiger partial charge on any atom is -0.488 e. The van der Waals surface area contributed by atoms with Gasteiger partial charge in [0.1, 0.15) is 18.2 Å². The molecule has 0 heterocycles. The third-order valence-electron chi connectivity index (χ3n) is 1.40. The summed E-state index contributed by atoms with van der Waals surface area (Å²) in [6, 6.07) is 5.68. The molecular formula is C10H7BrFNO. The molecule has 4 heteroatoms. The van der Waals surface area contributed by atoms with Crippen LogP contribution in [0.25, 0.3) is 0 Å². The molecule has 0 radical (unpaired) electrons. The van der Waals surface area contributed by atoms with E-state index in [0.717, 1.165) is 6.07 Å². The lowest BCUT2D eigenvalue weighted by atomic mass is 10.2. The summed E-state index contributed by atoms with van der Waals surface area (Å²) < 4.78 is 18.7. The Morgan fingerprint density at radius 2 is 2.29 bits per heavy atom. The summed E-state index contributed by atoms with van der Waals surface area (Å²) in [6.45, 7) is 3.81. The van der Waals surface area contributed by atoms with E-state index in [0.29, 0.717) is 10.2 Å². The Kier molecular flexibility index (Phi) is 3.66. The van der Waals surface area contributed by atoms with Crippen LogP contribution >= 0.6 is 15.9 Å². The van der Waals surface area contributed by atoms with E-state index < -0.39 is 5.82 Å². The van der Waals surface area contributed by atoms with Crippen molar-refractivity contribution in [3.05, 3.63) is 40.6 Å². The zero-order valence-corrected chi connectivity index (χ0v) is 8.84. The highest BCUT2D eigenvalue weighted by atomic mass is 79.9. The minimum absolute atomic E-state index is 0.236. The van der Waals surface area contributed by atoms with Crippen LogP contribution in [0.15, 0.2) is 29.3 Å². The molecule has 2 nitrogen and oxygen atoms in total. The highest BCUT2D eigenvalue weighted by Crippen LogP contribution is 2.17. The molecule has 14 heavy (non-hydrogen) atoms. The Labute approximate surface area is 89.7 Å². The van der Waals surface area contributed by atoms with Gasteiger partial charge in [-0.2, -0.15) is 5.26 Å². The van der Waals surface area contributed by atoms with E-state index in [-0.39, 0.29) is 12.2 Å². The smallest absolute Gasteiger partial charge is 0.128 e. The topological polar surface area (TPSA) is 33.0 Å². The third kappa shape index (κ3) is 3.19. The molecule has 1 aromatic carbocycles. The summed E-state index contributed by atoms with van der Waals surface area (Å²) >= 11 is 3.11. The Morgan fingerprint density at radius 1 is 1.57 bits per heavy atom. The van der Waals surface area contributed by atoms with Gasteiger partial charge in [-0.25, -0.2) is 4.39 Å². The molecule has 0 atom stereocenters. The molecule has 0 aliphatic heterocycles. The number of rotatable bonds is 3. The number of benzene rings is 1. The molecule has 0 saturated heterocycles. The predicted molar refractivity (Wildman–Crippen MR) is 54.7 cm³/mol. The van der Waals surface area contributed by atoms with Crippen molar-refractivity contribution in [1.82, 2.24) is 0 Å². The lowest BCUT2D eigenvalue weighted by Crippen LogP contribution is -1.96. The van der Waals surface area contributed by atoms with Crippen LogP contribution in [0.1, 0.15) is 5.56 Å². The SMILES string of the molecule is C=C(Br)COc1cc(F)cc(C#N)c1.